The lowest BCUT2D eigenvalue weighted by atomic mass is 10.0. The van der Waals surface area contributed by atoms with Gasteiger partial charge < -0.3 is 10.6 Å². The number of sulfone groups is 1. The number of amides is 2. The maximum Gasteiger partial charge on any atom is 0.319 e. The number of carbonyl (C=O) groups is 1. The molecular weight excluding hydrogens is 328 g/mol. The third kappa shape index (κ3) is 3.48. The molecule has 2 N–H and O–H groups in total. The second kappa shape index (κ2) is 5.70. The van der Waals surface area contributed by atoms with Crippen molar-refractivity contribution < 1.29 is 13.2 Å². The van der Waals surface area contributed by atoms with Crippen LogP contribution in [0.1, 0.15) is 24.7 Å². The number of nitrogens with one attached hydrogen (secondary N) is 2. The second-order valence-corrected chi connectivity index (χ2v) is 8.76. The summed E-state index contributed by atoms with van der Waals surface area (Å²) in [5, 5.41) is 5.50. The van der Waals surface area contributed by atoms with Crippen LogP contribution in [0.15, 0.2) is 18.2 Å². The van der Waals surface area contributed by atoms with E-state index in [1.54, 1.807) is 25.1 Å². The summed E-state index contributed by atoms with van der Waals surface area (Å²) in [7, 11) is -3.07. The maximum atomic E-state index is 12.2. The van der Waals surface area contributed by atoms with Gasteiger partial charge in [-0.25, -0.2) is 23.2 Å². The number of urea groups is 1. The highest BCUT2D eigenvalue weighted by Crippen LogP contribution is 2.23. The van der Waals surface area contributed by atoms with Crippen molar-refractivity contribution in [1.29, 1.82) is 0 Å². The molecule has 0 bridgehead atoms. The number of nitrogens with zero attached hydrogens (tertiary/aromatic N) is 2. The fraction of sp³-hybridized carbons (Fsp3) is 0.438. The van der Waals surface area contributed by atoms with Crippen LogP contribution >= 0.6 is 0 Å². The van der Waals surface area contributed by atoms with E-state index in [0.29, 0.717) is 17.6 Å². The number of carbonyl (C=O) groups excluding carboxylic acids is 1. The first kappa shape index (κ1) is 16.6. The first-order valence-corrected chi connectivity index (χ1v) is 9.53. The summed E-state index contributed by atoms with van der Waals surface area (Å²) in [5.41, 5.74) is 3.03. The molecule has 24 heavy (non-hydrogen) atoms. The minimum absolute atomic E-state index is 0.0327. The van der Waals surface area contributed by atoms with Gasteiger partial charge in [0.1, 0.15) is 0 Å². The number of benzene rings is 1. The van der Waals surface area contributed by atoms with Crippen LogP contribution in [0.3, 0.4) is 0 Å². The van der Waals surface area contributed by atoms with Crippen LogP contribution in [0, 0.1) is 13.8 Å². The Hall–Kier alpha value is -2.22. The topological polar surface area (TPSA) is 101 Å². The molecule has 0 unspecified atom stereocenters. The van der Waals surface area contributed by atoms with Gasteiger partial charge in [0.05, 0.1) is 39.5 Å². The fourth-order valence-electron chi connectivity index (χ4n) is 2.85. The summed E-state index contributed by atoms with van der Waals surface area (Å²) < 4.78 is 23.2. The number of rotatable bonds is 2. The van der Waals surface area contributed by atoms with Gasteiger partial charge >= 0.3 is 6.03 Å². The summed E-state index contributed by atoms with van der Waals surface area (Å²) in [6, 6.07) is 4.87. The van der Waals surface area contributed by atoms with Crippen molar-refractivity contribution in [3.05, 3.63) is 29.6 Å². The Morgan fingerprint density at radius 1 is 1.17 bits per heavy atom. The van der Waals surface area contributed by atoms with E-state index in [2.05, 4.69) is 20.6 Å². The Morgan fingerprint density at radius 3 is 2.46 bits per heavy atom. The molecule has 1 saturated heterocycles. The molecule has 3 rings (SSSR count). The van der Waals surface area contributed by atoms with E-state index in [4.69, 9.17) is 0 Å². The molecule has 1 aliphatic heterocycles. The van der Waals surface area contributed by atoms with Gasteiger partial charge in [0.15, 0.2) is 9.84 Å². The third-order valence-corrected chi connectivity index (χ3v) is 6.15. The molecule has 0 spiro atoms. The summed E-state index contributed by atoms with van der Waals surface area (Å²) in [5.74, 6) is 0.0725. The van der Waals surface area contributed by atoms with E-state index in [1.165, 1.54) is 0 Å². The van der Waals surface area contributed by atoms with Gasteiger partial charge in [-0.1, -0.05) is 0 Å². The molecule has 1 fully saturated rings. The van der Waals surface area contributed by atoms with E-state index >= 15 is 0 Å². The van der Waals surface area contributed by atoms with Crippen LogP contribution in [-0.4, -0.2) is 41.5 Å². The normalized spacial score (nSPS) is 22.5. The van der Waals surface area contributed by atoms with Crippen LogP contribution in [-0.2, 0) is 9.84 Å². The van der Waals surface area contributed by atoms with Gasteiger partial charge in [0.25, 0.3) is 0 Å². The Morgan fingerprint density at radius 2 is 1.83 bits per heavy atom. The maximum absolute atomic E-state index is 12.2. The molecule has 128 valence electrons. The Labute approximate surface area is 140 Å². The molecule has 7 nitrogen and oxygen atoms in total. The largest absolute Gasteiger partial charge is 0.332 e. The Bertz CT molecular complexity index is 926. The molecule has 8 heteroatoms. The third-order valence-electron chi connectivity index (χ3n) is 4.25. The van der Waals surface area contributed by atoms with Crippen molar-refractivity contribution >= 4 is 32.6 Å². The van der Waals surface area contributed by atoms with E-state index < -0.39 is 21.4 Å². The number of hydrogen-bond donors (Lipinski definition) is 2. The predicted octanol–water partition coefficient (Wildman–Crippen LogP) is 1.95. The number of aryl methyl sites for hydroxylation is 2. The number of fused-ring (bicyclic) bond motifs is 1. The van der Waals surface area contributed by atoms with E-state index in [-0.39, 0.29) is 11.5 Å². The SMILES string of the molecule is Cc1nc2ccc(NC(=O)N[C@]3(C)CCS(=O)(=O)C3)cc2nc1C. The van der Waals surface area contributed by atoms with Gasteiger partial charge in [-0.3, -0.25) is 0 Å². The van der Waals surface area contributed by atoms with Crippen LogP contribution in [0.2, 0.25) is 0 Å². The van der Waals surface area contributed by atoms with Crippen molar-refractivity contribution in [1.82, 2.24) is 15.3 Å². The van der Waals surface area contributed by atoms with Crippen LogP contribution < -0.4 is 10.6 Å². The standard InChI is InChI=1S/C16H20N4O3S/c1-10-11(2)18-14-8-12(4-5-13(14)17-10)19-15(21)20-16(3)6-7-24(22,23)9-16/h4-5,8H,6-7,9H2,1-3H3,(H2,19,20,21)/t16-/m1/s1. The zero-order chi connectivity index (χ0) is 17.5. The summed E-state index contributed by atoms with van der Waals surface area (Å²) in [4.78, 5) is 21.1. The molecule has 1 atom stereocenters. The lowest BCUT2D eigenvalue weighted by molar-refractivity contribution is 0.242. The average molecular weight is 348 g/mol. The molecule has 0 saturated carbocycles. The van der Waals surface area contributed by atoms with Gasteiger partial charge in [0, 0.05) is 5.69 Å². The molecule has 2 aromatic rings. The van der Waals surface area contributed by atoms with Crippen molar-refractivity contribution in [2.45, 2.75) is 32.7 Å². The number of hydrogen-bond acceptors (Lipinski definition) is 5. The molecular formula is C16H20N4O3S. The Balaban J connectivity index is 1.75. The lowest BCUT2D eigenvalue weighted by Gasteiger charge is -2.24. The van der Waals surface area contributed by atoms with Crippen LogP contribution in [0.4, 0.5) is 10.5 Å². The van der Waals surface area contributed by atoms with Crippen molar-refractivity contribution in [2.24, 2.45) is 0 Å². The summed E-state index contributed by atoms with van der Waals surface area (Å²) in [6.45, 7) is 5.53. The molecule has 2 heterocycles. The molecule has 1 aromatic carbocycles. The van der Waals surface area contributed by atoms with Gasteiger partial charge in [-0.05, 0) is 45.4 Å². The van der Waals surface area contributed by atoms with Gasteiger partial charge in [-0.15, -0.1) is 0 Å². The van der Waals surface area contributed by atoms with E-state index in [9.17, 15) is 13.2 Å². The molecule has 1 aliphatic rings. The van der Waals surface area contributed by atoms with Gasteiger partial charge in [0.2, 0.25) is 0 Å². The molecule has 0 radical (unpaired) electrons. The summed E-state index contributed by atoms with van der Waals surface area (Å²) >= 11 is 0. The van der Waals surface area contributed by atoms with Crippen molar-refractivity contribution in [2.75, 3.05) is 16.8 Å². The van der Waals surface area contributed by atoms with Crippen molar-refractivity contribution in [3.8, 4) is 0 Å². The fourth-order valence-corrected chi connectivity index (χ4v) is 4.95. The minimum atomic E-state index is -3.07. The molecule has 0 aliphatic carbocycles. The first-order valence-electron chi connectivity index (χ1n) is 7.70. The number of aromatic nitrogens is 2. The Kier molecular flexibility index (Phi) is 3.95. The highest BCUT2D eigenvalue weighted by Gasteiger charge is 2.39. The van der Waals surface area contributed by atoms with Crippen LogP contribution in [0.25, 0.3) is 11.0 Å². The monoisotopic (exact) mass is 348 g/mol. The van der Waals surface area contributed by atoms with Gasteiger partial charge in [-0.2, -0.15) is 0 Å². The first-order chi connectivity index (χ1) is 11.2. The molecule has 1 aromatic heterocycles. The van der Waals surface area contributed by atoms with E-state index in [1.807, 2.05) is 13.8 Å². The summed E-state index contributed by atoms with van der Waals surface area (Å²) in [6.07, 6.45) is 0.421. The second-order valence-electron chi connectivity index (χ2n) is 6.58. The predicted molar refractivity (Wildman–Crippen MR) is 92.8 cm³/mol. The minimum Gasteiger partial charge on any atom is -0.332 e. The highest BCUT2D eigenvalue weighted by atomic mass is 32.2. The zero-order valence-corrected chi connectivity index (χ0v) is 14.7. The average Bonchev–Trinajstić information content (AvgIpc) is 2.73. The van der Waals surface area contributed by atoms with Crippen LogP contribution in [0.5, 0.6) is 0 Å². The van der Waals surface area contributed by atoms with E-state index in [0.717, 1.165) is 16.9 Å². The molecule has 2 amide bonds. The smallest absolute Gasteiger partial charge is 0.319 e. The number of anilines is 1. The highest BCUT2D eigenvalue weighted by molar-refractivity contribution is 7.91. The zero-order valence-electron chi connectivity index (χ0n) is 13.9. The van der Waals surface area contributed by atoms with Crippen molar-refractivity contribution in [3.63, 3.8) is 0 Å². The lowest BCUT2D eigenvalue weighted by Crippen LogP contribution is -2.48. The quantitative estimate of drug-likeness (QED) is 0.864.